The predicted molar refractivity (Wildman–Crippen MR) is 515 cm³/mol. The Morgan fingerprint density at radius 2 is 0.579 bits per heavy atom. The van der Waals surface area contributed by atoms with Gasteiger partial charge in [-0.2, -0.15) is 0 Å². The van der Waals surface area contributed by atoms with E-state index in [1.807, 2.05) is 232 Å². The summed E-state index contributed by atoms with van der Waals surface area (Å²) < 4.78 is 20.6. The number of amides is 3. The molecule has 4 aromatic rings. The highest BCUT2D eigenvalue weighted by Crippen LogP contribution is 2.42. The molecule has 3 saturated carbocycles. The van der Waals surface area contributed by atoms with E-state index in [4.69, 9.17) is 40.6 Å². The Morgan fingerprint density at radius 1 is 0.316 bits per heavy atom. The van der Waals surface area contributed by atoms with Gasteiger partial charge in [-0.3, -0.25) is 47.9 Å². The Labute approximate surface area is 792 Å². The molecule has 3 fully saturated rings. The van der Waals surface area contributed by atoms with Crippen LogP contribution in [0.1, 0.15) is 287 Å². The van der Waals surface area contributed by atoms with Crippen LogP contribution >= 0.6 is 0 Å². The molecule has 28 heteroatoms. The predicted octanol–water partition coefficient (Wildman–Crippen LogP) is 15.6. The summed E-state index contributed by atoms with van der Waals surface area (Å²) in [6.07, 6.45) is 0.0299. The summed E-state index contributed by atoms with van der Waals surface area (Å²) in [5.41, 5.74) is 11.3. The van der Waals surface area contributed by atoms with Crippen molar-refractivity contribution in [2.45, 2.75) is 358 Å². The molecule has 0 bridgehead atoms. The normalized spacial score (nSPS) is 19.4. The molecule has 0 saturated heterocycles. The first-order valence-corrected chi connectivity index (χ1v) is 46.8. The van der Waals surface area contributed by atoms with Gasteiger partial charge < -0.3 is 77.0 Å². The van der Waals surface area contributed by atoms with Crippen molar-refractivity contribution < 1.29 is 112 Å². The van der Waals surface area contributed by atoms with Crippen molar-refractivity contribution >= 4 is 76.3 Å². The number of hydrogen-bond acceptors (Lipinski definition) is 25. The third kappa shape index (κ3) is 44.0. The van der Waals surface area contributed by atoms with E-state index in [2.05, 4.69) is 16.0 Å². The van der Waals surface area contributed by atoms with Crippen LogP contribution < -0.4 is 27.4 Å². The first-order valence-electron chi connectivity index (χ1n) is 46.8. The van der Waals surface area contributed by atoms with E-state index in [1.165, 1.54) is 27.7 Å². The quantitative estimate of drug-likeness (QED) is 0.0165. The molecule has 0 radical (unpaired) electrons. The third-order valence-corrected chi connectivity index (χ3v) is 23.0. The number of Topliss-reactive ketones (excluding diaryl/α,β-unsaturated/α-hetero) is 9. The van der Waals surface area contributed by atoms with E-state index < -0.39 is 129 Å². The van der Waals surface area contributed by atoms with Gasteiger partial charge in [0.2, 0.25) is 0 Å². The minimum absolute atomic E-state index is 0.0550. The summed E-state index contributed by atoms with van der Waals surface area (Å²) in [6.45, 7) is 50.4. The highest BCUT2D eigenvalue weighted by Gasteiger charge is 2.48. The molecule has 4 aromatic carbocycles. The van der Waals surface area contributed by atoms with Crippen LogP contribution in [0.15, 0.2) is 121 Å². The van der Waals surface area contributed by atoms with Gasteiger partial charge in [0, 0.05) is 73.9 Å². The first-order chi connectivity index (χ1) is 61.2. The standard InChI is InChI=1S/C24H35NO5.C22H31NO5.C16H23NO4.C14H25NO3.C12H16O2.C9H18O2.C8H17NO2/c1-5-10-19(26)20(25-23(29)30-15-16-11-7-6-8-12-16)21(27)17-13-9-14-18(17)22(28)24(2,3)4;1-14(24)18(23-21(27)28-13-15-9-6-5-7-10-15)19(25)16-11-8-12-17(16)20(26)22(2,3)4;1-11(18)13(14(19)16(2,3)4)17-15(20)21-10-12-8-6-5-7-9-12;1-8(16)11(15)12(17)9-6-5-7-10(9)13(18)14(2,3)4;1-12(2,3)11(13)14-9-10-7-5-4-6-8-10;1-6(7(2)10)8(11)9(3,4)5;1-5(10)6(9)7(11)8(2,3)4/h6-8,11-12,17-20,26H,5,9-10,13-15H2,1-4H3,(H,25,29);5-7,9-10,14,16-18,24H,8,11-13H2,1-4H3,(H,23,27);5-9,11,13,18H,10H2,1-4H3,(H,17,20);8-11,16H,5-7,15H2,1-4H3;4-8H,9H2,1-3H3;6-7,10H,1-5H3;5-6,10H,9H2,1-4H3. The van der Waals surface area contributed by atoms with Gasteiger partial charge in [0.15, 0.2) is 28.9 Å². The van der Waals surface area contributed by atoms with Crippen LogP contribution in [0.3, 0.4) is 0 Å². The Kier molecular flexibility index (Phi) is 51.7. The Balaban J connectivity index is 0.000000800. The molecule has 133 heavy (non-hydrogen) atoms. The second-order valence-corrected chi connectivity index (χ2v) is 42.6. The van der Waals surface area contributed by atoms with Gasteiger partial charge in [-0.15, -0.1) is 0 Å². The molecular weight excluding hydrogens is 1700 g/mol. The van der Waals surface area contributed by atoms with E-state index in [9.17, 15) is 82.8 Å². The van der Waals surface area contributed by atoms with Gasteiger partial charge in [-0.25, -0.2) is 14.4 Å². The monoisotopic (exact) mass is 1860 g/mol. The number of aliphatic hydroxyl groups excluding tert-OH is 6. The average molecular weight is 1870 g/mol. The van der Waals surface area contributed by atoms with Crippen LogP contribution in [0.25, 0.3) is 0 Å². The lowest BCUT2D eigenvalue weighted by atomic mass is 9.76. The molecule has 3 amide bonds. The highest BCUT2D eigenvalue weighted by atomic mass is 16.6. The zero-order valence-corrected chi connectivity index (χ0v) is 84.8. The van der Waals surface area contributed by atoms with Gasteiger partial charge in [-0.1, -0.05) is 285 Å². The van der Waals surface area contributed by atoms with E-state index in [-0.39, 0.29) is 113 Å². The van der Waals surface area contributed by atoms with Crippen LogP contribution in [0.2, 0.25) is 0 Å². The lowest BCUT2D eigenvalue weighted by molar-refractivity contribution is -0.154. The Bertz CT molecular complexity index is 4220. The van der Waals surface area contributed by atoms with E-state index in [1.54, 1.807) is 55.4 Å². The molecular formula is C105H165N5O23. The van der Waals surface area contributed by atoms with Crippen LogP contribution in [-0.4, -0.2) is 174 Å². The fourth-order valence-electron chi connectivity index (χ4n) is 14.8. The number of ether oxygens (including phenoxy) is 4. The lowest BCUT2D eigenvalue weighted by Gasteiger charge is -2.29. The second-order valence-electron chi connectivity index (χ2n) is 42.6. The minimum Gasteiger partial charge on any atom is -0.460 e. The maximum Gasteiger partial charge on any atom is 0.408 e. The van der Waals surface area contributed by atoms with Crippen molar-refractivity contribution in [3.8, 4) is 0 Å². The van der Waals surface area contributed by atoms with Crippen molar-refractivity contribution in [2.75, 3.05) is 0 Å². The summed E-state index contributed by atoms with van der Waals surface area (Å²) >= 11 is 0. The number of aliphatic hydroxyl groups is 6. The molecule has 3 aliphatic carbocycles. The molecule has 748 valence electrons. The summed E-state index contributed by atoms with van der Waals surface area (Å²) in [5, 5.41) is 65.4. The van der Waals surface area contributed by atoms with Gasteiger partial charge in [0.1, 0.15) is 67.7 Å². The van der Waals surface area contributed by atoms with E-state index in [0.717, 1.165) is 47.9 Å². The molecule has 13 N–H and O–H groups in total. The van der Waals surface area contributed by atoms with E-state index in [0.29, 0.717) is 51.6 Å². The number of ketones is 9. The number of nitrogens with one attached hydrogen (secondary N) is 3. The summed E-state index contributed by atoms with van der Waals surface area (Å²) in [6, 6.07) is 32.6. The van der Waals surface area contributed by atoms with Crippen LogP contribution in [0, 0.1) is 79.3 Å². The van der Waals surface area contributed by atoms with Crippen molar-refractivity contribution in [1.29, 1.82) is 0 Å². The van der Waals surface area contributed by atoms with Gasteiger partial charge in [0.25, 0.3) is 0 Å². The van der Waals surface area contributed by atoms with Crippen LogP contribution in [0.5, 0.6) is 0 Å². The summed E-state index contributed by atoms with van der Waals surface area (Å²) in [5.74, 6) is -3.35. The largest absolute Gasteiger partial charge is 0.460 e. The van der Waals surface area contributed by atoms with Crippen LogP contribution in [-0.2, 0) is 93.3 Å². The van der Waals surface area contributed by atoms with Gasteiger partial charge in [0.05, 0.1) is 54.1 Å². The molecule has 0 aromatic heterocycles. The number of hydrogen-bond donors (Lipinski definition) is 11. The fraction of sp³-hybridized carbons (Fsp3) is 0.648. The maximum absolute atomic E-state index is 13.3. The third-order valence-electron chi connectivity index (χ3n) is 23.0. The maximum atomic E-state index is 13.3. The molecule has 18 atom stereocenters. The summed E-state index contributed by atoms with van der Waals surface area (Å²) in [7, 11) is 0. The SMILES string of the molecule is CC(C)(C)C(=O)OCc1ccccc1.CC(O)C(C)C(=O)C(C)(C)C.CC(O)C(N)C(=O)C(C)(C)C.CC(O)C(N)C(=O)C1CCCC1C(=O)C(C)(C)C.CC(O)C(NC(=O)OCc1ccccc1)C(=O)C(C)(C)C.CC(O)C(NC(=O)OCc1ccccc1)C(=O)C1CCCC1C(=O)C(C)(C)C.CCCC(O)C(NC(=O)OCc1ccccc1)C(=O)C1CCCC1C(=O)C(C)(C)C. The molecule has 0 aliphatic heterocycles. The van der Waals surface area contributed by atoms with Crippen molar-refractivity contribution in [3.05, 3.63) is 144 Å². The Hall–Kier alpha value is -9.13. The Morgan fingerprint density at radius 3 is 0.820 bits per heavy atom. The number of carbonyl (C=O) groups is 13. The average Bonchev–Trinajstić information content (AvgIpc) is 1.69. The second kappa shape index (κ2) is 56.4. The number of benzene rings is 4. The minimum atomic E-state index is -1.10. The topological polar surface area (TPSA) is 468 Å². The molecule has 7 rings (SSSR count). The summed E-state index contributed by atoms with van der Waals surface area (Å²) in [4.78, 5) is 159. The first kappa shape index (κ1) is 122. The molecule has 0 heterocycles. The number of esters is 1. The van der Waals surface area contributed by atoms with E-state index >= 15 is 0 Å². The van der Waals surface area contributed by atoms with Gasteiger partial charge in [-0.05, 0) is 123 Å². The number of alkyl carbamates (subject to hydrolysis) is 3. The van der Waals surface area contributed by atoms with Crippen LogP contribution in [0.4, 0.5) is 14.4 Å². The molecule has 28 nitrogen and oxygen atoms in total. The van der Waals surface area contributed by atoms with Gasteiger partial charge >= 0.3 is 24.2 Å². The van der Waals surface area contributed by atoms with Crippen molar-refractivity contribution in [2.24, 2.45) is 90.8 Å². The molecule has 3 aliphatic rings. The lowest BCUT2D eigenvalue weighted by Crippen LogP contribution is -2.52. The zero-order valence-electron chi connectivity index (χ0n) is 84.8. The fourth-order valence-corrected chi connectivity index (χ4v) is 14.8. The number of nitrogens with two attached hydrogens (primary N) is 2. The molecule has 18 unspecified atom stereocenters. The zero-order chi connectivity index (χ0) is 102. The van der Waals surface area contributed by atoms with Crippen molar-refractivity contribution in [3.63, 3.8) is 0 Å². The molecule has 0 spiro atoms. The number of rotatable bonds is 31. The highest BCUT2D eigenvalue weighted by molar-refractivity contribution is 5.98. The smallest absolute Gasteiger partial charge is 0.408 e. The van der Waals surface area contributed by atoms with Crippen molar-refractivity contribution in [1.82, 2.24) is 16.0 Å². The number of carbonyl (C=O) groups excluding carboxylic acids is 13.